The standard InChI is InChI=1S/C18H22N4O2S/c1-25(23,24)17-10-5-11-20-16(17)12-21-18(19)22-15-9-4-7-13-6-2-3-8-14(13)15/h4-5,7,9-11H,2-3,6,8,12H2,1H3,(H3,19,21,22). The highest BCUT2D eigenvalue weighted by atomic mass is 32.2. The molecule has 1 aromatic heterocycles. The summed E-state index contributed by atoms with van der Waals surface area (Å²) >= 11 is 0. The molecule has 1 heterocycles. The van der Waals surface area contributed by atoms with Crippen LogP contribution in [0.1, 0.15) is 29.7 Å². The molecule has 3 N–H and O–H groups in total. The fourth-order valence-electron chi connectivity index (χ4n) is 3.12. The first-order valence-corrected chi connectivity index (χ1v) is 10.2. The number of guanidine groups is 1. The van der Waals surface area contributed by atoms with Crippen molar-refractivity contribution in [1.82, 2.24) is 4.98 Å². The van der Waals surface area contributed by atoms with Gasteiger partial charge in [0, 0.05) is 18.1 Å². The lowest BCUT2D eigenvalue weighted by atomic mass is 9.90. The lowest BCUT2D eigenvalue weighted by molar-refractivity contribution is 0.600. The maximum absolute atomic E-state index is 11.8. The van der Waals surface area contributed by atoms with Crippen LogP contribution in [0.4, 0.5) is 5.69 Å². The Labute approximate surface area is 148 Å². The number of anilines is 1. The summed E-state index contributed by atoms with van der Waals surface area (Å²) in [6, 6.07) is 9.29. The van der Waals surface area contributed by atoms with Gasteiger partial charge in [0.2, 0.25) is 0 Å². The van der Waals surface area contributed by atoms with Crippen LogP contribution in [0.25, 0.3) is 0 Å². The third-order valence-corrected chi connectivity index (χ3v) is 5.48. The molecule has 1 aromatic carbocycles. The Morgan fingerprint density at radius 1 is 1.24 bits per heavy atom. The molecule has 0 saturated heterocycles. The molecule has 25 heavy (non-hydrogen) atoms. The minimum atomic E-state index is -3.35. The van der Waals surface area contributed by atoms with Crippen molar-refractivity contribution >= 4 is 21.5 Å². The maximum Gasteiger partial charge on any atom is 0.193 e. The van der Waals surface area contributed by atoms with E-state index in [4.69, 9.17) is 5.73 Å². The van der Waals surface area contributed by atoms with Gasteiger partial charge in [-0.3, -0.25) is 4.98 Å². The Kier molecular flexibility index (Phi) is 5.03. The fraction of sp³-hybridized carbons (Fsp3) is 0.333. The van der Waals surface area contributed by atoms with Crippen LogP contribution in [0, 0.1) is 0 Å². The average molecular weight is 358 g/mol. The monoisotopic (exact) mass is 358 g/mol. The van der Waals surface area contributed by atoms with Crippen LogP contribution in [-0.2, 0) is 29.2 Å². The zero-order valence-corrected chi connectivity index (χ0v) is 15.0. The van der Waals surface area contributed by atoms with Crippen LogP contribution >= 0.6 is 0 Å². The average Bonchev–Trinajstić information content (AvgIpc) is 2.60. The number of nitrogens with one attached hydrogen (secondary N) is 1. The van der Waals surface area contributed by atoms with Gasteiger partial charge in [-0.2, -0.15) is 0 Å². The number of hydrogen-bond donors (Lipinski definition) is 2. The van der Waals surface area contributed by atoms with Crippen molar-refractivity contribution in [2.24, 2.45) is 10.7 Å². The molecule has 0 atom stereocenters. The van der Waals surface area contributed by atoms with Crippen molar-refractivity contribution < 1.29 is 8.42 Å². The number of benzene rings is 1. The van der Waals surface area contributed by atoms with Gasteiger partial charge in [0.1, 0.15) is 0 Å². The number of rotatable bonds is 4. The number of pyridine rings is 1. The topological polar surface area (TPSA) is 97.4 Å². The molecule has 0 unspecified atom stereocenters. The first-order valence-electron chi connectivity index (χ1n) is 8.27. The third kappa shape index (κ3) is 4.17. The highest BCUT2D eigenvalue weighted by Crippen LogP contribution is 2.27. The number of hydrogen-bond acceptors (Lipinski definition) is 4. The molecule has 0 aliphatic heterocycles. The first kappa shape index (κ1) is 17.4. The van der Waals surface area contributed by atoms with Crippen LogP contribution in [0.3, 0.4) is 0 Å². The van der Waals surface area contributed by atoms with Crippen molar-refractivity contribution in [2.45, 2.75) is 37.1 Å². The second-order valence-corrected chi connectivity index (χ2v) is 8.18. The Morgan fingerprint density at radius 3 is 2.84 bits per heavy atom. The lowest BCUT2D eigenvalue weighted by Crippen LogP contribution is -2.24. The highest BCUT2D eigenvalue weighted by Gasteiger charge is 2.15. The second kappa shape index (κ2) is 7.23. The summed E-state index contributed by atoms with van der Waals surface area (Å²) in [5, 5.41) is 3.15. The number of fused-ring (bicyclic) bond motifs is 1. The largest absolute Gasteiger partial charge is 0.370 e. The number of aromatic nitrogens is 1. The zero-order chi connectivity index (χ0) is 17.9. The van der Waals surface area contributed by atoms with Crippen LogP contribution in [0.5, 0.6) is 0 Å². The number of aryl methyl sites for hydroxylation is 1. The second-order valence-electron chi connectivity index (χ2n) is 6.20. The van der Waals surface area contributed by atoms with E-state index in [0.717, 1.165) is 24.8 Å². The quantitative estimate of drug-likeness (QED) is 0.645. The summed E-state index contributed by atoms with van der Waals surface area (Å²) in [5.41, 5.74) is 10.0. The molecule has 0 radical (unpaired) electrons. The van der Waals surface area contributed by atoms with Crippen LogP contribution < -0.4 is 11.1 Å². The van der Waals surface area contributed by atoms with Crippen molar-refractivity contribution in [3.05, 3.63) is 53.3 Å². The van der Waals surface area contributed by atoms with E-state index in [0.29, 0.717) is 5.69 Å². The molecule has 1 aliphatic carbocycles. The molecule has 3 rings (SSSR count). The Hall–Kier alpha value is -2.41. The van der Waals surface area contributed by atoms with Gasteiger partial charge in [0.25, 0.3) is 0 Å². The predicted octanol–water partition coefficient (Wildman–Crippen LogP) is 2.29. The summed E-state index contributed by atoms with van der Waals surface area (Å²) in [6.45, 7) is 0.108. The Balaban J connectivity index is 1.78. The van der Waals surface area contributed by atoms with Crippen LogP contribution in [-0.4, -0.2) is 25.6 Å². The summed E-state index contributed by atoms with van der Waals surface area (Å²) < 4.78 is 23.6. The van der Waals surface area contributed by atoms with Crippen molar-refractivity contribution in [2.75, 3.05) is 11.6 Å². The smallest absolute Gasteiger partial charge is 0.193 e. The van der Waals surface area contributed by atoms with Gasteiger partial charge < -0.3 is 11.1 Å². The molecule has 0 fully saturated rings. The Bertz CT molecular complexity index is 907. The minimum absolute atomic E-state index is 0.108. The summed E-state index contributed by atoms with van der Waals surface area (Å²) in [5.74, 6) is 0.254. The molecule has 0 amide bonds. The SMILES string of the molecule is CS(=O)(=O)c1cccnc1CN=C(N)Nc1cccc2c1CCCC2. The molecule has 2 aromatic rings. The maximum atomic E-state index is 11.8. The zero-order valence-electron chi connectivity index (χ0n) is 14.2. The number of sulfone groups is 1. The van der Waals surface area contributed by atoms with Crippen LogP contribution in [0.15, 0.2) is 46.4 Å². The van der Waals surface area contributed by atoms with E-state index in [1.807, 2.05) is 12.1 Å². The lowest BCUT2D eigenvalue weighted by Gasteiger charge is -2.19. The molecule has 6 nitrogen and oxygen atoms in total. The van der Waals surface area contributed by atoms with Gasteiger partial charge in [-0.25, -0.2) is 13.4 Å². The van der Waals surface area contributed by atoms with Gasteiger partial charge >= 0.3 is 0 Å². The van der Waals surface area contributed by atoms with Gasteiger partial charge in [-0.1, -0.05) is 12.1 Å². The number of nitrogens with zero attached hydrogens (tertiary/aromatic N) is 2. The molecule has 0 saturated carbocycles. The summed E-state index contributed by atoms with van der Waals surface area (Å²) in [6.07, 6.45) is 7.23. The first-order chi connectivity index (χ1) is 11.9. The molecule has 7 heteroatoms. The van der Waals surface area contributed by atoms with Gasteiger partial charge in [0.05, 0.1) is 17.1 Å². The highest BCUT2D eigenvalue weighted by molar-refractivity contribution is 7.90. The van der Waals surface area contributed by atoms with Crippen molar-refractivity contribution in [1.29, 1.82) is 0 Å². The number of aliphatic imine (C=N–C) groups is 1. The van der Waals surface area contributed by atoms with E-state index >= 15 is 0 Å². The van der Waals surface area contributed by atoms with Gasteiger partial charge in [0.15, 0.2) is 15.8 Å². The molecule has 132 valence electrons. The normalized spacial score (nSPS) is 14.8. The van der Waals surface area contributed by atoms with E-state index in [1.165, 1.54) is 30.0 Å². The van der Waals surface area contributed by atoms with E-state index < -0.39 is 9.84 Å². The number of nitrogens with two attached hydrogens (primary N) is 1. The van der Waals surface area contributed by atoms with E-state index in [9.17, 15) is 8.42 Å². The van der Waals surface area contributed by atoms with E-state index in [-0.39, 0.29) is 17.4 Å². The molecular formula is C18H22N4O2S. The third-order valence-electron chi connectivity index (χ3n) is 4.31. The molecule has 0 spiro atoms. The predicted molar refractivity (Wildman–Crippen MR) is 99.4 cm³/mol. The molecular weight excluding hydrogens is 336 g/mol. The van der Waals surface area contributed by atoms with Crippen molar-refractivity contribution in [3.8, 4) is 0 Å². The Morgan fingerprint density at radius 2 is 2.04 bits per heavy atom. The summed E-state index contributed by atoms with van der Waals surface area (Å²) in [4.78, 5) is 8.58. The van der Waals surface area contributed by atoms with Crippen molar-refractivity contribution in [3.63, 3.8) is 0 Å². The summed E-state index contributed by atoms with van der Waals surface area (Å²) in [7, 11) is -3.35. The molecule has 1 aliphatic rings. The van der Waals surface area contributed by atoms with E-state index in [2.05, 4.69) is 21.4 Å². The molecule has 0 bridgehead atoms. The van der Waals surface area contributed by atoms with Crippen LogP contribution in [0.2, 0.25) is 0 Å². The van der Waals surface area contributed by atoms with E-state index in [1.54, 1.807) is 12.3 Å². The fourth-order valence-corrected chi connectivity index (χ4v) is 3.99. The van der Waals surface area contributed by atoms with Gasteiger partial charge in [-0.05, 0) is 55.0 Å². The minimum Gasteiger partial charge on any atom is -0.370 e. The van der Waals surface area contributed by atoms with Gasteiger partial charge in [-0.15, -0.1) is 0 Å².